The molecule has 0 radical (unpaired) electrons. The number of rotatable bonds is 11. The first-order valence-electron chi connectivity index (χ1n) is 9.23. The molecule has 1 aliphatic rings. The Bertz CT molecular complexity index is 266. The summed E-state index contributed by atoms with van der Waals surface area (Å²) in [7, 11) is 3.61. The van der Waals surface area contributed by atoms with Gasteiger partial charge in [-0.3, -0.25) is 0 Å². The van der Waals surface area contributed by atoms with Crippen molar-refractivity contribution in [3.63, 3.8) is 0 Å². The van der Waals surface area contributed by atoms with Crippen molar-refractivity contribution < 1.29 is 14.2 Å². The average molecular weight is 315 g/mol. The molecule has 0 amide bonds. The maximum Gasteiger partial charge on any atom is 0.0675 e. The van der Waals surface area contributed by atoms with Crippen LogP contribution in [0.4, 0.5) is 0 Å². The van der Waals surface area contributed by atoms with Gasteiger partial charge in [0, 0.05) is 19.6 Å². The van der Waals surface area contributed by atoms with Crippen molar-refractivity contribution >= 4 is 0 Å². The van der Waals surface area contributed by atoms with Crippen LogP contribution in [0, 0.1) is 11.3 Å². The van der Waals surface area contributed by atoms with Crippen molar-refractivity contribution in [2.45, 2.75) is 77.7 Å². The van der Waals surface area contributed by atoms with Crippen LogP contribution in [-0.2, 0) is 14.2 Å². The summed E-state index contributed by atoms with van der Waals surface area (Å²) in [5.74, 6) is 0.657. The quantitative estimate of drug-likeness (QED) is 0.546. The van der Waals surface area contributed by atoms with E-state index in [4.69, 9.17) is 14.2 Å². The molecule has 3 nitrogen and oxygen atoms in total. The van der Waals surface area contributed by atoms with Gasteiger partial charge in [0.15, 0.2) is 0 Å². The van der Waals surface area contributed by atoms with E-state index in [-0.39, 0.29) is 11.0 Å². The minimum absolute atomic E-state index is 0.00861. The standard InChI is InChI=1S/C19H38O3/c1-6-19(7-2,8-3)22-16-18(14-20-4,15-21-5)17-12-10-9-11-13-17/h17H,6-16H2,1-5H3. The van der Waals surface area contributed by atoms with Crippen molar-refractivity contribution in [3.05, 3.63) is 0 Å². The molecule has 0 aromatic carbocycles. The Hall–Kier alpha value is -0.120. The fourth-order valence-electron chi connectivity index (χ4n) is 4.12. The van der Waals surface area contributed by atoms with E-state index < -0.39 is 0 Å². The van der Waals surface area contributed by atoms with Gasteiger partial charge in [0.05, 0.1) is 25.4 Å². The van der Waals surface area contributed by atoms with Crippen LogP contribution in [-0.4, -0.2) is 39.6 Å². The molecule has 0 saturated heterocycles. The molecule has 3 heteroatoms. The fraction of sp³-hybridized carbons (Fsp3) is 1.00. The van der Waals surface area contributed by atoms with Gasteiger partial charge in [-0.15, -0.1) is 0 Å². The van der Waals surface area contributed by atoms with E-state index in [1.807, 2.05) is 0 Å². The number of hydrogen-bond acceptors (Lipinski definition) is 3. The second kappa shape index (κ2) is 9.89. The van der Waals surface area contributed by atoms with Crippen molar-refractivity contribution in [2.24, 2.45) is 11.3 Å². The monoisotopic (exact) mass is 314 g/mol. The first-order valence-corrected chi connectivity index (χ1v) is 9.23. The third kappa shape index (κ3) is 4.94. The van der Waals surface area contributed by atoms with Gasteiger partial charge in [0.1, 0.15) is 0 Å². The zero-order valence-corrected chi connectivity index (χ0v) is 15.6. The second-order valence-electron chi connectivity index (χ2n) is 7.10. The Balaban J connectivity index is 2.87. The van der Waals surface area contributed by atoms with E-state index in [9.17, 15) is 0 Å². The predicted molar refractivity (Wildman–Crippen MR) is 92.3 cm³/mol. The minimum atomic E-state index is 0.00861. The SMILES string of the molecule is CCC(CC)(CC)OCC(COC)(COC)C1CCCCC1. The summed E-state index contributed by atoms with van der Waals surface area (Å²) < 4.78 is 17.8. The summed E-state index contributed by atoms with van der Waals surface area (Å²) >= 11 is 0. The van der Waals surface area contributed by atoms with Crippen LogP contribution in [0.3, 0.4) is 0 Å². The summed E-state index contributed by atoms with van der Waals surface area (Å²) in [5, 5.41) is 0. The van der Waals surface area contributed by atoms with Crippen molar-refractivity contribution in [1.29, 1.82) is 0 Å². The van der Waals surface area contributed by atoms with E-state index in [1.165, 1.54) is 32.1 Å². The average Bonchev–Trinajstić information content (AvgIpc) is 2.57. The lowest BCUT2D eigenvalue weighted by molar-refractivity contribution is -0.144. The predicted octanol–water partition coefficient (Wildman–Crippen LogP) is 4.83. The third-order valence-electron chi connectivity index (χ3n) is 5.93. The molecule has 0 atom stereocenters. The molecule has 0 aromatic rings. The van der Waals surface area contributed by atoms with Crippen LogP contribution in [0.15, 0.2) is 0 Å². The zero-order valence-electron chi connectivity index (χ0n) is 15.6. The Morgan fingerprint density at radius 1 is 0.773 bits per heavy atom. The Morgan fingerprint density at radius 3 is 1.68 bits per heavy atom. The number of hydrogen-bond donors (Lipinski definition) is 0. The van der Waals surface area contributed by atoms with Crippen LogP contribution in [0.1, 0.15) is 72.1 Å². The number of methoxy groups -OCH3 is 2. The van der Waals surface area contributed by atoms with Crippen LogP contribution < -0.4 is 0 Å². The molecule has 1 aliphatic carbocycles. The third-order valence-corrected chi connectivity index (χ3v) is 5.93. The van der Waals surface area contributed by atoms with Gasteiger partial charge in [0.25, 0.3) is 0 Å². The molecular weight excluding hydrogens is 276 g/mol. The molecule has 0 unspecified atom stereocenters. The van der Waals surface area contributed by atoms with Crippen molar-refractivity contribution in [1.82, 2.24) is 0 Å². The first-order chi connectivity index (χ1) is 10.6. The topological polar surface area (TPSA) is 27.7 Å². The molecular formula is C19H38O3. The van der Waals surface area contributed by atoms with E-state index in [2.05, 4.69) is 20.8 Å². The van der Waals surface area contributed by atoms with E-state index in [0.717, 1.165) is 39.1 Å². The van der Waals surface area contributed by atoms with E-state index >= 15 is 0 Å². The Morgan fingerprint density at radius 2 is 1.27 bits per heavy atom. The summed E-state index contributed by atoms with van der Waals surface area (Å²) in [6.07, 6.45) is 9.82. The molecule has 132 valence electrons. The molecule has 22 heavy (non-hydrogen) atoms. The highest BCUT2D eigenvalue weighted by Crippen LogP contribution is 2.41. The molecule has 0 bridgehead atoms. The summed E-state index contributed by atoms with van der Waals surface area (Å²) in [5.41, 5.74) is 0.0239. The van der Waals surface area contributed by atoms with Gasteiger partial charge in [-0.25, -0.2) is 0 Å². The highest BCUT2D eigenvalue weighted by molar-refractivity contribution is 4.90. The minimum Gasteiger partial charge on any atom is -0.384 e. The molecule has 1 rings (SSSR count). The molecule has 0 heterocycles. The van der Waals surface area contributed by atoms with Gasteiger partial charge >= 0.3 is 0 Å². The van der Waals surface area contributed by atoms with Gasteiger partial charge in [0.2, 0.25) is 0 Å². The van der Waals surface area contributed by atoms with Crippen LogP contribution in [0.2, 0.25) is 0 Å². The molecule has 1 fully saturated rings. The van der Waals surface area contributed by atoms with Gasteiger partial charge < -0.3 is 14.2 Å². The largest absolute Gasteiger partial charge is 0.384 e. The van der Waals surface area contributed by atoms with E-state index in [1.54, 1.807) is 14.2 Å². The Kier molecular flexibility index (Phi) is 8.96. The lowest BCUT2D eigenvalue weighted by atomic mass is 9.69. The zero-order chi connectivity index (χ0) is 16.5. The summed E-state index contributed by atoms with van der Waals surface area (Å²) in [6, 6.07) is 0. The normalized spacial score (nSPS) is 17.9. The van der Waals surface area contributed by atoms with Crippen LogP contribution >= 0.6 is 0 Å². The maximum atomic E-state index is 6.54. The smallest absolute Gasteiger partial charge is 0.0675 e. The summed E-state index contributed by atoms with van der Waals surface area (Å²) in [6.45, 7) is 8.94. The van der Waals surface area contributed by atoms with Gasteiger partial charge in [-0.1, -0.05) is 40.0 Å². The molecule has 0 N–H and O–H groups in total. The first kappa shape index (κ1) is 19.9. The van der Waals surface area contributed by atoms with Gasteiger partial charge in [-0.2, -0.15) is 0 Å². The summed E-state index contributed by atoms with van der Waals surface area (Å²) in [4.78, 5) is 0. The molecule has 1 saturated carbocycles. The van der Waals surface area contributed by atoms with Crippen LogP contribution in [0.25, 0.3) is 0 Å². The Labute approximate surface area is 138 Å². The fourth-order valence-corrected chi connectivity index (χ4v) is 4.12. The second-order valence-corrected chi connectivity index (χ2v) is 7.10. The van der Waals surface area contributed by atoms with E-state index in [0.29, 0.717) is 5.92 Å². The lowest BCUT2D eigenvalue weighted by Crippen LogP contribution is -2.47. The van der Waals surface area contributed by atoms with Crippen LogP contribution in [0.5, 0.6) is 0 Å². The highest BCUT2D eigenvalue weighted by atomic mass is 16.5. The van der Waals surface area contributed by atoms with Crippen molar-refractivity contribution in [2.75, 3.05) is 34.0 Å². The lowest BCUT2D eigenvalue weighted by Gasteiger charge is -2.44. The highest BCUT2D eigenvalue weighted by Gasteiger charge is 2.42. The molecule has 0 spiro atoms. The maximum absolute atomic E-state index is 6.54. The number of ether oxygens (including phenoxy) is 3. The van der Waals surface area contributed by atoms with Crippen molar-refractivity contribution in [3.8, 4) is 0 Å². The molecule has 0 aromatic heterocycles. The van der Waals surface area contributed by atoms with Gasteiger partial charge in [-0.05, 0) is 38.0 Å². The molecule has 0 aliphatic heterocycles.